The maximum absolute atomic E-state index is 13.3. The van der Waals surface area contributed by atoms with Gasteiger partial charge in [0.25, 0.3) is 11.6 Å². The van der Waals surface area contributed by atoms with Crippen molar-refractivity contribution in [1.82, 2.24) is 0 Å². The molecule has 0 saturated carbocycles. The van der Waals surface area contributed by atoms with Gasteiger partial charge < -0.3 is 4.74 Å². The summed E-state index contributed by atoms with van der Waals surface area (Å²) >= 11 is 0. The number of nitro benzene ring substituents is 1. The van der Waals surface area contributed by atoms with Gasteiger partial charge in [0.1, 0.15) is 23.0 Å². The molecule has 0 aliphatic carbocycles. The summed E-state index contributed by atoms with van der Waals surface area (Å²) in [6, 6.07) is 22.8. The van der Waals surface area contributed by atoms with E-state index >= 15 is 0 Å². The highest BCUT2D eigenvalue weighted by atomic mass is 16.6. The highest BCUT2D eigenvalue weighted by Crippen LogP contribution is 2.36. The molecule has 0 N–H and O–H groups in total. The van der Waals surface area contributed by atoms with Crippen LogP contribution in [0.2, 0.25) is 0 Å². The Morgan fingerprint density at radius 3 is 2.30 bits per heavy atom. The van der Waals surface area contributed by atoms with E-state index in [1.807, 2.05) is 48.5 Å². The summed E-state index contributed by atoms with van der Waals surface area (Å²) in [4.78, 5) is 30.3. The quantitative estimate of drug-likeness (QED) is 0.361. The molecule has 1 aliphatic heterocycles. The molecule has 0 spiro atoms. The number of amidine groups is 1. The standard InChI is InChI=1S/C23H17N3O4/c1-30-18-12-13-20(21(15-18)26(28)29)25-22(17-10-6-3-7-11-17)24-19(23(25)27)14-16-8-4-2-5-9-16/h2-15H,1H3. The average molecular weight is 399 g/mol. The second-order valence-electron chi connectivity index (χ2n) is 6.49. The molecule has 148 valence electrons. The minimum absolute atomic E-state index is 0.130. The van der Waals surface area contributed by atoms with Crippen molar-refractivity contribution in [2.24, 2.45) is 4.99 Å². The van der Waals surface area contributed by atoms with Gasteiger partial charge in [-0.1, -0.05) is 60.7 Å². The van der Waals surface area contributed by atoms with Crippen molar-refractivity contribution in [3.8, 4) is 5.75 Å². The van der Waals surface area contributed by atoms with Crippen LogP contribution in [0.4, 0.5) is 11.4 Å². The fraction of sp³-hybridized carbons (Fsp3) is 0.0435. The second kappa shape index (κ2) is 8.00. The van der Waals surface area contributed by atoms with Gasteiger partial charge in [-0.15, -0.1) is 0 Å². The first-order valence-corrected chi connectivity index (χ1v) is 9.16. The number of carbonyl (C=O) groups excluding carboxylic acids is 1. The van der Waals surface area contributed by atoms with E-state index < -0.39 is 10.8 Å². The summed E-state index contributed by atoms with van der Waals surface area (Å²) in [6.45, 7) is 0. The Balaban J connectivity index is 1.88. The number of benzene rings is 3. The molecule has 0 aromatic heterocycles. The zero-order valence-electron chi connectivity index (χ0n) is 16.1. The van der Waals surface area contributed by atoms with E-state index in [9.17, 15) is 14.9 Å². The van der Waals surface area contributed by atoms with Gasteiger partial charge in [0.15, 0.2) is 0 Å². The lowest BCUT2D eigenvalue weighted by atomic mass is 10.1. The molecule has 1 amide bonds. The molecule has 0 saturated heterocycles. The zero-order valence-corrected chi connectivity index (χ0v) is 16.1. The molecular formula is C23H17N3O4. The summed E-state index contributed by atoms with van der Waals surface area (Å²) in [5.74, 6) is 0.220. The molecule has 3 aromatic carbocycles. The third-order valence-electron chi connectivity index (χ3n) is 4.62. The van der Waals surface area contributed by atoms with Crippen LogP contribution in [0, 0.1) is 10.1 Å². The number of amides is 1. The van der Waals surface area contributed by atoms with Gasteiger partial charge in [-0.05, 0) is 23.8 Å². The fourth-order valence-electron chi connectivity index (χ4n) is 3.19. The summed E-state index contributed by atoms with van der Waals surface area (Å²) in [7, 11) is 1.43. The fourth-order valence-corrected chi connectivity index (χ4v) is 3.19. The molecule has 30 heavy (non-hydrogen) atoms. The van der Waals surface area contributed by atoms with Crippen molar-refractivity contribution in [3.63, 3.8) is 0 Å². The summed E-state index contributed by atoms with van der Waals surface area (Å²) in [5.41, 5.74) is 1.57. The van der Waals surface area contributed by atoms with Crippen LogP contribution in [0.3, 0.4) is 0 Å². The van der Waals surface area contributed by atoms with Gasteiger partial charge in [-0.2, -0.15) is 0 Å². The van der Waals surface area contributed by atoms with Crippen LogP contribution in [0.15, 0.2) is 89.6 Å². The number of nitro groups is 1. The first-order valence-electron chi connectivity index (χ1n) is 9.16. The van der Waals surface area contributed by atoms with Crippen LogP contribution in [0.25, 0.3) is 6.08 Å². The molecule has 1 heterocycles. The van der Waals surface area contributed by atoms with Crippen molar-refractivity contribution < 1.29 is 14.5 Å². The minimum atomic E-state index is -0.535. The minimum Gasteiger partial charge on any atom is -0.496 e. The normalized spacial score (nSPS) is 14.7. The summed E-state index contributed by atoms with van der Waals surface area (Å²) in [6.07, 6.45) is 1.67. The van der Waals surface area contributed by atoms with Crippen LogP contribution >= 0.6 is 0 Å². The maximum Gasteiger partial charge on any atom is 0.297 e. The molecule has 0 fully saturated rings. The van der Waals surface area contributed by atoms with Gasteiger partial charge in [-0.3, -0.25) is 19.8 Å². The van der Waals surface area contributed by atoms with Crippen LogP contribution in [0.5, 0.6) is 5.75 Å². The summed E-state index contributed by atoms with van der Waals surface area (Å²) < 4.78 is 5.11. The lowest BCUT2D eigenvalue weighted by molar-refractivity contribution is -0.384. The largest absolute Gasteiger partial charge is 0.496 e. The number of methoxy groups -OCH3 is 1. The van der Waals surface area contributed by atoms with E-state index in [2.05, 4.69) is 4.99 Å². The van der Waals surface area contributed by atoms with Crippen molar-refractivity contribution in [2.75, 3.05) is 12.0 Å². The molecule has 4 rings (SSSR count). The zero-order chi connectivity index (χ0) is 21.1. The predicted octanol–water partition coefficient (Wildman–Crippen LogP) is 4.44. The van der Waals surface area contributed by atoms with Gasteiger partial charge in [0, 0.05) is 5.56 Å². The smallest absolute Gasteiger partial charge is 0.297 e. The van der Waals surface area contributed by atoms with Gasteiger partial charge >= 0.3 is 0 Å². The van der Waals surface area contributed by atoms with E-state index in [4.69, 9.17) is 4.74 Å². The molecule has 0 unspecified atom stereocenters. The lowest BCUT2D eigenvalue weighted by Crippen LogP contribution is -2.33. The molecule has 7 nitrogen and oxygen atoms in total. The monoisotopic (exact) mass is 399 g/mol. The van der Waals surface area contributed by atoms with Gasteiger partial charge in [0.2, 0.25) is 0 Å². The van der Waals surface area contributed by atoms with Crippen LogP contribution in [-0.4, -0.2) is 23.8 Å². The van der Waals surface area contributed by atoms with E-state index in [-0.39, 0.29) is 17.1 Å². The average Bonchev–Trinajstić information content (AvgIpc) is 3.10. The Hall–Kier alpha value is -4.26. The number of carbonyl (C=O) groups is 1. The first kappa shape index (κ1) is 19.1. The number of aliphatic imine (C=N–C) groups is 1. The maximum atomic E-state index is 13.3. The van der Waals surface area contributed by atoms with Crippen molar-refractivity contribution in [3.05, 3.63) is 106 Å². The number of rotatable bonds is 5. The first-order chi connectivity index (χ1) is 14.6. The van der Waals surface area contributed by atoms with Crippen molar-refractivity contribution in [1.29, 1.82) is 0 Å². The molecular weight excluding hydrogens is 382 g/mol. The number of ether oxygens (including phenoxy) is 1. The Labute approximate surface area is 172 Å². The number of hydrogen-bond donors (Lipinski definition) is 0. The Morgan fingerprint density at radius 1 is 1.00 bits per heavy atom. The topological polar surface area (TPSA) is 85.0 Å². The Bertz CT molecular complexity index is 1170. The molecule has 1 aliphatic rings. The second-order valence-corrected chi connectivity index (χ2v) is 6.49. The van der Waals surface area contributed by atoms with Crippen molar-refractivity contribution >= 4 is 29.2 Å². The highest BCUT2D eigenvalue weighted by molar-refractivity contribution is 6.33. The van der Waals surface area contributed by atoms with E-state index in [1.165, 1.54) is 24.1 Å². The van der Waals surface area contributed by atoms with Crippen LogP contribution < -0.4 is 9.64 Å². The van der Waals surface area contributed by atoms with Crippen LogP contribution in [-0.2, 0) is 4.79 Å². The SMILES string of the molecule is COc1ccc(N2C(=O)C(=Cc3ccccc3)N=C2c2ccccc2)c([N+](=O)[O-])c1. The lowest BCUT2D eigenvalue weighted by Gasteiger charge is -2.18. The Morgan fingerprint density at radius 2 is 1.67 bits per heavy atom. The van der Waals surface area contributed by atoms with E-state index in [0.29, 0.717) is 17.1 Å². The number of nitrogens with zero attached hydrogens (tertiary/aromatic N) is 3. The molecule has 7 heteroatoms. The van der Waals surface area contributed by atoms with Crippen molar-refractivity contribution in [2.45, 2.75) is 0 Å². The predicted molar refractivity (Wildman–Crippen MR) is 115 cm³/mol. The molecule has 0 bridgehead atoms. The highest BCUT2D eigenvalue weighted by Gasteiger charge is 2.36. The van der Waals surface area contributed by atoms with Crippen LogP contribution in [0.1, 0.15) is 11.1 Å². The molecule has 0 radical (unpaired) electrons. The summed E-state index contributed by atoms with van der Waals surface area (Å²) in [5, 5.41) is 11.7. The third-order valence-corrected chi connectivity index (χ3v) is 4.62. The number of hydrogen-bond acceptors (Lipinski definition) is 5. The molecule has 0 atom stereocenters. The number of anilines is 1. The van der Waals surface area contributed by atoms with Gasteiger partial charge in [0.05, 0.1) is 18.1 Å². The Kier molecular flexibility index (Phi) is 5.09. The van der Waals surface area contributed by atoms with Gasteiger partial charge in [-0.25, -0.2) is 4.99 Å². The molecule has 3 aromatic rings. The van der Waals surface area contributed by atoms with E-state index in [0.717, 1.165) is 5.56 Å². The third kappa shape index (κ3) is 3.56. The van der Waals surface area contributed by atoms with E-state index in [1.54, 1.807) is 24.3 Å².